The van der Waals surface area contributed by atoms with Crippen LogP contribution in [0, 0.1) is 0 Å². The lowest BCUT2D eigenvalue weighted by molar-refractivity contribution is 0.116. The molecular formula is C8H18N2O4S. The molecule has 0 aromatic rings. The SMILES string of the molecule is [3H]C(CN1CCN(CCO)CC1)S(=O)(=O)O. The molecule has 0 spiro atoms. The van der Waals surface area contributed by atoms with Gasteiger partial charge in [0.05, 0.1) is 12.3 Å². The van der Waals surface area contributed by atoms with E-state index in [1.165, 1.54) is 0 Å². The van der Waals surface area contributed by atoms with E-state index in [2.05, 4.69) is 4.90 Å². The first-order valence-electron chi connectivity index (χ1n) is 5.45. The summed E-state index contributed by atoms with van der Waals surface area (Å²) in [6.45, 7) is 3.58. The molecule has 1 rings (SSSR count). The average molecular weight is 240 g/mol. The smallest absolute Gasteiger partial charge is 0.266 e. The molecule has 1 saturated heterocycles. The van der Waals surface area contributed by atoms with Crippen LogP contribution in [0.15, 0.2) is 0 Å². The number of aliphatic hydroxyl groups is 1. The van der Waals surface area contributed by atoms with Crippen molar-refractivity contribution in [2.75, 3.05) is 51.6 Å². The summed E-state index contributed by atoms with van der Waals surface area (Å²) in [4.78, 5) is 3.90. The van der Waals surface area contributed by atoms with Crippen molar-refractivity contribution in [2.24, 2.45) is 0 Å². The minimum absolute atomic E-state index is 0.0335. The van der Waals surface area contributed by atoms with Crippen molar-refractivity contribution in [3.05, 3.63) is 0 Å². The van der Waals surface area contributed by atoms with E-state index in [1.54, 1.807) is 0 Å². The van der Waals surface area contributed by atoms with Crippen LogP contribution >= 0.6 is 0 Å². The standard InChI is InChI=1S/C8H18N2O4S/c11-7-5-9-1-3-10(4-2-9)6-8-15(12,13)14/h11H,1-8H2,(H,12,13,14)/i8T. The molecule has 2 N–H and O–H groups in total. The maximum Gasteiger partial charge on any atom is 0.266 e. The fourth-order valence-corrected chi connectivity index (χ4v) is 1.94. The quantitative estimate of drug-likeness (QED) is 0.568. The van der Waals surface area contributed by atoms with E-state index in [0.29, 0.717) is 19.6 Å². The second-order valence-electron chi connectivity index (χ2n) is 3.55. The normalized spacial score (nSPS) is 23.7. The summed E-state index contributed by atoms with van der Waals surface area (Å²) >= 11 is 0. The van der Waals surface area contributed by atoms with Gasteiger partial charge in [-0.3, -0.25) is 14.4 Å². The molecule has 0 aliphatic carbocycles. The van der Waals surface area contributed by atoms with Crippen LogP contribution in [-0.2, 0) is 10.1 Å². The summed E-state index contributed by atoms with van der Waals surface area (Å²) in [6, 6.07) is 0. The van der Waals surface area contributed by atoms with E-state index in [0.717, 1.165) is 13.1 Å². The Morgan fingerprint density at radius 1 is 1.13 bits per heavy atom. The molecule has 0 bridgehead atoms. The van der Waals surface area contributed by atoms with Gasteiger partial charge in [0.25, 0.3) is 10.1 Å². The third kappa shape index (κ3) is 5.43. The molecule has 6 nitrogen and oxygen atoms in total. The highest BCUT2D eigenvalue weighted by Gasteiger charge is 2.17. The Balaban J connectivity index is 2.32. The first-order valence-corrected chi connectivity index (χ1v) is 6.38. The Morgan fingerprint density at radius 3 is 2.00 bits per heavy atom. The zero-order valence-electron chi connectivity index (χ0n) is 9.54. The lowest BCUT2D eigenvalue weighted by Crippen LogP contribution is -2.48. The van der Waals surface area contributed by atoms with Crippen LogP contribution < -0.4 is 0 Å². The van der Waals surface area contributed by atoms with E-state index in [9.17, 15) is 8.42 Å². The highest BCUT2D eigenvalue weighted by Crippen LogP contribution is 2.01. The predicted molar refractivity (Wildman–Crippen MR) is 56.4 cm³/mol. The van der Waals surface area contributed by atoms with E-state index >= 15 is 0 Å². The Kier molecular flexibility index (Phi) is 4.33. The van der Waals surface area contributed by atoms with Crippen molar-refractivity contribution in [3.63, 3.8) is 0 Å². The van der Waals surface area contributed by atoms with Gasteiger partial charge in [-0.2, -0.15) is 8.42 Å². The number of nitrogens with zero attached hydrogens (tertiary/aromatic N) is 2. The maximum absolute atomic E-state index is 10.7. The number of hydrogen-bond acceptors (Lipinski definition) is 5. The zero-order chi connectivity index (χ0) is 12.2. The zero-order valence-corrected chi connectivity index (χ0v) is 9.36. The van der Waals surface area contributed by atoms with Gasteiger partial charge < -0.3 is 5.11 Å². The van der Waals surface area contributed by atoms with Crippen molar-refractivity contribution in [1.29, 1.82) is 0 Å². The van der Waals surface area contributed by atoms with Crippen LogP contribution in [0.4, 0.5) is 0 Å². The van der Waals surface area contributed by atoms with E-state index in [4.69, 9.17) is 11.0 Å². The Labute approximate surface area is 91.6 Å². The first-order chi connectivity index (χ1) is 7.43. The molecule has 0 amide bonds. The van der Waals surface area contributed by atoms with E-state index in [-0.39, 0.29) is 13.2 Å². The van der Waals surface area contributed by atoms with Crippen LogP contribution in [0.25, 0.3) is 0 Å². The molecule has 1 fully saturated rings. The summed E-state index contributed by atoms with van der Waals surface area (Å²) < 4.78 is 37.3. The summed E-state index contributed by atoms with van der Waals surface area (Å²) in [6.07, 6.45) is 0. The van der Waals surface area contributed by atoms with Crippen LogP contribution in [0.5, 0.6) is 0 Å². The molecule has 0 aromatic heterocycles. The van der Waals surface area contributed by atoms with Crippen molar-refractivity contribution < 1.29 is 19.4 Å². The van der Waals surface area contributed by atoms with Crippen molar-refractivity contribution in [2.45, 2.75) is 0 Å². The Bertz CT molecular complexity index is 303. The molecule has 1 unspecified atom stereocenters. The number of β-amino-alcohol motifs (C(OH)–C–C–N with tert-alkyl or cyclic N) is 1. The maximum atomic E-state index is 10.7. The Hall–Kier alpha value is -0.210. The number of piperazine rings is 1. The highest BCUT2D eigenvalue weighted by molar-refractivity contribution is 7.85. The molecular weight excluding hydrogens is 220 g/mol. The number of rotatable bonds is 5. The van der Waals surface area contributed by atoms with Crippen LogP contribution in [0.2, 0.25) is 0 Å². The molecule has 1 aliphatic heterocycles. The first kappa shape index (κ1) is 11.3. The van der Waals surface area contributed by atoms with E-state index in [1.807, 2.05) is 4.90 Å². The summed E-state index contributed by atoms with van der Waals surface area (Å²) in [5, 5.41) is 8.74. The van der Waals surface area contributed by atoms with Crippen LogP contribution in [0.1, 0.15) is 1.37 Å². The minimum atomic E-state index is -4.25. The number of aliphatic hydroxyl groups excluding tert-OH is 1. The van der Waals surface area contributed by atoms with Gasteiger partial charge >= 0.3 is 0 Å². The topological polar surface area (TPSA) is 81.1 Å². The third-order valence-electron chi connectivity index (χ3n) is 2.42. The van der Waals surface area contributed by atoms with Crippen molar-refractivity contribution in [3.8, 4) is 0 Å². The molecule has 1 aliphatic rings. The van der Waals surface area contributed by atoms with Gasteiger partial charge in [0.2, 0.25) is 0 Å². The fraction of sp³-hybridized carbons (Fsp3) is 1.00. The molecule has 90 valence electrons. The van der Waals surface area contributed by atoms with Gasteiger partial charge in [-0.25, -0.2) is 0 Å². The highest BCUT2D eigenvalue weighted by atomic mass is 32.2. The van der Waals surface area contributed by atoms with Crippen LogP contribution in [0.3, 0.4) is 0 Å². The van der Waals surface area contributed by atoms with Gasteiger partial charge in [0.15, 0.2) is 0 Å². The van der Waals surface area contributed by atoms with Crippen molar-refractivity contribution in [1.82, 2.24) is 9.80 Å². The lowest BCUT2D eigenvalue weighted by Gasteiger charge is -2.33. The van der Waals surface area contributed by atoms with Gasteiger partial charge in [-0.1, -0.05) is 0 Å². The second-order valence-corrected chi connectivity index (χ2v) is 4.91. The molecule has 1 atom stereocenters. The Morgan fingerprint density at radius 2 is 1.60 bits per heavy atom. The predicted octanol–water partition coefficient (Wildman–Crippen LogP) is -1.52. The number of hydrogen-bond donors (Lipinski definition) is 2. The molecule has 0 radical (unpaired) electrons. The van der Waals surface area contributed by atoms with Gasteiger partial charge in [0.1, 0.15) is 0 Å². The molecule has 0 aromatic carbocycles. The third-order valence-corrected chi connectivity index (χ3v) is 2.99. The van der Waals surface area contributed by atoms with Crippen molar-refractivity contribution >= 4 is 10.1 Å². The van der Waals surface area contributed by atoms with Gasteiger partial charge in [-0.05, 0) is 0 Å². The van der Waals surface area contributed by atoms with E-state index < -0.39 is 15.8 Å². The van der Waals surface area contributed by atoms with Gasteiger partial charge in [0, 0.05) is 40.6 Å². The summed E-state index contributed by atoms with van der Waals surface area (Å²) in [7, 11) is -4.25. The average Bonchev–Trinajstić information content (AvgIpc) is 2.20. The molecule has 1 heterocycles. The second kappa shape index (κ2) is 5.76. The largest absolute Gasteiger partial charge is 0.395 e. The minimum Gasteiger partial charge on any atom is -0.395 e. The fourth-order valence-electron chi connectivity index (χ4n) is 1.54. The lowest BCUT2D eigenvalue weighted by atomic mass is 10.3. The van der Waals surface area contributed by atoms with Crippen LogP contribution in [-0.4, -0.2) is 79.5 Å². The molecule has 0 saturated carbocycles. The van der Waals surface area contributed by atoms with Gasteiger partial charge in [-0.15, -0.1) is 0 Å². The monoisotopic (exact) mass is 240 g/mol. The summed E-state index contributed by atoms with van der Waals surface area (Å²) in [5.41, 5.74) is -1.49. The molecule has 15 heavy (non-hydrogen) atoms. The molecule has 7 heteroatoms. The summed E-state index contributed by atoms with van der Waals surface area (Å²) in [5.74, 6) is 0.